The smallest absolute Gasteiger partial charge is 0.123 e. The summed E-state index contributed by atoms with van der Waals surface area (Å²) >= 11 is 1.65. The molecule has 1 heterocycles. The standard InChI is InChI=1S/C27H34O2S/c1-16-12-18(24(28)20(14-16)26(3,4)5)23(22-10-9-11-30-22)19-13-17(2)15-21(25(19)29)27(6,7)8/h9-15,23,28-29H,1-8H3. The fourth-order valence-corrected chi connectivity index (χ4v) is 4.99. The molecule has 2 N–H and O–H groups in total. The van der Waals surface area contributed by atoms with Gasteiger partial charge in [-0.2, -0.15) is 0 Å². The van der Waals surface area contributed by atoms with Crippen LogP contribution in [0.5, 0.6) is 11.5 Å². The van der Waals surface area contributed by atoms with E-state index in [-0.39, 0.29) is 16.7 Å². The van der Waals surface area contributed by atoms with Crippen molar-refractivity contribution in [2.24, 2.45) is 0 Å². The summed E-state index contributed by atoms with van der Waals surface area (Å²) in [7, 11) is 0. The van der Waals surface area contributed by atoms with Crippen LogP contribution in [0.3, 0.4) is 0 Å². The largest absolute Gasteiger partial charge is 0.507 e. The highest BCUT2D eigenvalue weighted by molar-refractivity contribution is 7.10. The summed E-state index contributed by atoms with van der Waals surface area (Å²) < 4.78 is 0. The zero-order chi connectivity index (χ0) is 22.4. The summed E-state index contributed by atoms with van der Waals surface area (Å²) in [5, 5.41) is 24.8. The van der Waals surface area contributed by atoms with E-state index in [9.17, 15) is 10.2 Å². The van der Waals surface area contributed by atoms with Gasteiger partial charge in [-0.1, -0.05) is 83.0 Å². The molecule has 160 valence electrons. The van der Waals surface area contributed by atoms with E-state index in [2.05, 4.69) is 91.1 Å². The minimum Gasteiger partial charge on any atom is -0.507 e. The number of aromatic hydroxyl groups is 2. The van der Waals surface area contributed by atoms with E-state index in [4.69, 9.17) is 0 Å². The number of hydrogen-bond acceptors (Lipinski definition) is 3. The zero-order valence-electron chi connectivity index (χ0n) is 19.4. The second-order valence-electron chi connectivity index (χ2n) is 10.4. The average Bonchev–Trinajstić information content (AvgIpc) is 3.12. The quantitative estimate of drug-likeness (QED) is 0.457. The molecule has 3 heteroatoms. The first-order chi connectivity index (χ1) is 13.8. The van der Waals surface area contributed by atoms with E-state index in [0.717, 1.165) is 38.3 Å². The predicted octanol–water partition coefficient (Wildman–Crippen LogP) is 7.55. The highest BCUT2D eigenvalue weighted by Crippen LogP contribution is 2.47. The number of hydrogen-bond donors (Lipinski definition) is 2. The molecule has 0 radical (unpaired) electrons. The summed E-state index contributed by atoms with van der Waals surface area (Å²) in [6.45, 7) is 16.8. The van der Waals surface area contributed by atoms with Crippen LogP contribution < -0.4 is 0 Å². The van der Waals surface area contributed by atoms with Crippen LogP contribution in [-0.4, -0.2) is 10.2 Å². The maximum Gasteiger partial charge on any atom is 0.123 e. The molecule has 0 atom stereocenters. The zero-order valence-corrected chi connectivity index (χ0v) is 20.2. The maximum absolute atomic E-state index is 11.4. The van der Waals surface area contributed by atoms with E-state index in [1.54, 1.807) is 11.3 Å². The van der Waals surface area contributed by atoms with Crippen LogP contribution in [0.2, 0.25) is 0 Å². The van der Waals surface area contributed by atoms with Gasteiger partial charge in [0, 0.05) is 16.0 Å². The number of aryl methyl sites for hydroxylation is 2. The van der Waals surface area contributed by atoms with Crippen LogP contribution in [0.1, 0.15) is 85.7 Å². The molecule has 1 aromatic heterocycles. The van der Waals surface area contributed by atoms with Crippen LogP contribution in [-0.2, 0) is 10.8 Å². The fraction of sp³-hybridized carbons (Fsp3) is 0.407. The van der Waals surface area contributed by atoms with E-state index in [1.165, 1.54) is 0 Å². The van der Waals surface area contributed by atoms with Gasteiger partial charge in [0.15, 0.2) is 0 Å². The Bertz CT molecular complexity index is 978. The molecule has 0 amide bonds. The maximum atomic E-state index is 11.4. The molecule has 3 rings (SSSR count). The van der Waals surface area contributed by atoms with Crippen molar-refractivity contribution in [1.29, 1.82) is 0 Å². The summed E-state index contributed by atoms with van der Waals surface area (Å²) in [6.07, 6.45) is 0. The van der Waals surface area contributed by atoms with Crippen LogP contribution in [0.25, 0.3) is 0 Å². The third-order valence-electron chi connectivity index (χ3n) is 5.63. The van der Waals surface area contributed by atoms with E-state index < -0.39 is 0 Å². The first kappa shape index (κ1) is 22.4. The number of thiophene rings is 1. The summed E-state index contributed by atoms with van der Waals surface area (Å²) in [5.74, 6) is 0.418. The third kappa shape index (κ3) is 4.27. The van der Waals surface area contributed by atoms with Gasteiger partial charge in [0.25, 0.3) is 0 Å². The molecule has 0 spiro atoms. The lowest BCUT2D eigenvalue weighted by Gasteiger charge is -2.28. The highest BCUT2D eigenvalue weighted by Gasteiger charge is 2.31. The van der Waals surface area contributed by atoms with Gasteiger partial charge < -0.3 is 10.2 Å². The lowest BCUT2D eigenvalue weighted by molar-refractivity contribution is 0.432. The lowest BCUT2D eigenvalue weighted by atomic mass is 9.78. The molecule has 30 heavy (non-hydrogen) atoms. The number of phenolic OH excluding ortho intramolecular Hbond substituents is 2. The van der Waals surface area contributed by atoms with Crippen LogP contribution in [0.4, 0.5) is 0 Å². The fourth-order valence-electron chi connectivity index (χ4n) is 4.13. The van der Waals surface area contributed by atoms with Gasteiger partial charge in [-0.05, 0) is 47.3 Å². The Labute approximate surface area is 185 Å². The van der Waals surface area contributed by atoms with Crippen molar-refractivity contribution in [3.05, 3.63) is 80.0 Å². The Hall–Kier alpha value is -2.26. The van der Waals surface area contributed by atoms with Crippen molar-refractivity contribution >= 4 is 11.3 Å². The van der Waals surface area contributed by atoms with Gasteiger partial charge in [0.2, 0.25) is 0 Å². The average molecular weight is 423 g/mol. The molecule has 0 unspecified atom stereocenters. The van der Waals surface area contributed by atoms with Gasteiger partial charge in [-0.15, -0.1) is 11.3 Å². The van der Waals surface area contributed by atoms with E-state index in [0.29, 0.717) is 11.5 Å². The third-order valence-corrected chi connectivity index (χ3v) is 6.57. The molecule has 0 saturated carbocycles. The molecule has 0 bridgehead atoms. The van der Waals surface area contributed by atoms with Crippen molar-refractivity contribution in [2.45, 2.75) is 72.1 Å². The van der Waals surface area contributed by atoms with Crippen LogP contribution >= 0.6 is 11.3 Å². The molecule has 2 nitrogen and oxygen atoms in total. The molecular weight excluding hydrogens is 388 g/mol. The molecule has 0 aliphatic heterocycles. The first-order valence-electron chi connectivity index (χ1n) is 10.5. The Morgan fingerprint density at radius 3 is 1.50 bits per heavy atom. The Balaban J connectivity index is 2.37. The SMILES string of the molecule is Cc1cc(C(c2cccs2)c2cc(C)cc(C(C)(C)C)c2O)c(O)c(C(C)(C)C)c1. The van der Waals surface area contributed by atoms with E-state index in [1.807, 2.05) is 6.07 Å². The molecule has 0 aliphatic rings. The van der Waals surface area contributed by atoms with Crippen molar-refractivity contribution in [2.75, 3.05) is 0 Å². The van der Waals surface area contributed by atoms with Crippen molar-refractivity contribution < 1.29 is 10.2 Å². The van der Waals surface area contributed by atoms with Crippen LogP contribution in [0.15, 0.2) is 41.8 Å². The van der Waals surface area contributed by atoms with Crippen molar-refractivity contribution in [3.8, 4) is 11.5 Å². The number of phenols is 2. The minimum absolute atomic E-state index is 0.184. The summed E-state index contributed by atoms with van der Waals surface area (Å²) in [4.78, 5) is 1.11. The van der Waals surface area contributed by atoms with Crippen LogP contribution in [0, 0.1) is 13.8 Å². The van der Waals surface area contributed by atoms with E-state index >= 15 is 0 Å². The molecule has 0 fully saturated rings. The Morgan fingerprint density at radius 2 is 1.17 bits per heavy atom. The van der Waals surface area contributed by atoms with Crippen molar-refractivity contribution in [1.82, 2.24) is 0 Å². The molecule has 3 aromatic rings. The molecule has 2 aromatic carbocycles. The molecule has 0 saturated heterocycles. The molecule has 0 aliphatic carbocycles. The van der Waals surface area contributed by atoms with Crippen molar-refractivity contribution in [3.63, 3.8) is 0 Å². The highest BCUT2D eigenvalue weighted by atomic mass is 32.1. The van der Waals surface area contributed by atoms with Gasteiger partial charge >= 0.3 is 0 Å². The summed E-state index contributed by atoms with van der Waals surface area (Å²) in [6, 6.07) is 12.4. The Kier molecular flexibility index (Phi) is 5.81. The van der Waals surface area contributed by atoms with Gasteiger partial charge in [-0.25, -0.2) is 0 Å². The normalized spacial score (nSPS) is 12.6. The van der Waals surface area contributed by atoms with Gasteiger partial charge in [0.1, 0.15) is 11.5 Å². The lowest BCUT2D eigenvalue weighted by Crippen LogP contribution is -2.16. The second-order valence-corrected chi connectivity index (χ2v) is 11.4. The monoisotopic (exact) mass is 422 g/mol. The first-order valence-corrected chi connectivity index (χ1v) is 11.4. The number of benzene rings is 2. The summed E-state index contributed by atoms with van der Waals surface area (Å²) in [5.41, 5.74) is 5.41. The molecular formula is C27H34O2S. The minimum atomic E-state index is -0.230. The predicted molar refractivity (Wildman–Crippen MR) is 128 cm³/mol. The second kappa shape index (κ2) is 7.77. The van der Waals surface area contributed by atoms with Gasteiger partial charge in [-0.3, -0.25) is 0 Å². The van der Waals surface area contributed by atoms with Gasteiger partial charge in [0.05, 0.1) is 5.92 Å². The topological polar surface area (TPSA) is 40.5 Å². The number of rotatable bonds is 3. The Morgan fingerprint density at radius 1 is 0.733 bits per heavy atom.